The fraction of sp³-hybridized carbons (Fsp3) is 0.0769. The summed E-state index contributed by atoms with van der Waals surface area (Å²) < 4.78 is 10.6. The van der Waals surface area contributed by atoms with E-state index in [2.05, 4.69) is 21.1 Å². The molecule has 1 heterocycles. The molecule has 0 aliphatic heterocycles. The van der Waals surface area contributed by atoms with E-state index in [4.69, 9.17) is 14.0 Å². The maximum absolute atomic E-state index is 11.7. The fourth-order valence-corrected chi connectivity index (χ4v) is 1.87. The van der Waals surface area contributed by atoms with Gasteiger partial charge in [0.15, 0.2) is 0 Å². The Hall–Kier alpha value is -2.08. The smallest absolute Gasteiger partial charge is 0.365 e. The molecule has 0 aliphatic rings. The molecule has 5 nitrogen and oxygen atoms in total. The number of oxime groups is 1. The van der Waals surface area contributed by atoms with Gasteiger partial charge in [0.2, 0.25) is 0 Å². The van der Waals surface area contributed by atoms with E-state index in [9.17, 15) is 4.79 Å². The Bertz CT molecular complexity index is 593. The molecule has 0 saturated heterocycles. The van der Waals surface area contributed by atoms with Gasteiger partial charge >= 0.3 is 5.97 Å². The zero-order valence-electron chi connectivity index (χ0n) is 10.00. The lowest BCUT2D eigenvalue weighted by molar-refractivity contribution is 0.0519. The van der Waals surface area contributed by atoms with Crippen LogP contribution in [0, 0.1) is 0 Å². The third kappa shape index (κ3) is 3.45. The molecule has 0 amide bonds. The summed E-state index contributed by atoms with van der Waals surface area (Å²) in [6.45, 7) is 0. The first-order valence-corrected chi connectivity index (χ1v) is 6.10. The van der Waals surface area contributed by atoms with Gasteiger partial charge in [-0.25, -0.2) is 4.79 Å². The number of nitrogens with zero attached hydrogens (tertiary/aromatic N) is 1. The van der Waals surface area contributed by atoms with Crippen molar-refractivity contribution in [3.63, 3.8) is 0 Å². The monoisotopic (exact) mass is 323 g/mol. The Morgan fingerprint density at radius 3 is 2.89 bits per heavy atom. The van der Waals surface area contributed by atoms with Gasteiger partial charge in [0.25, 0.3) is 0 Å². The number of carbonyl (C=O) groups excluding carboxylic acids is 1. The van der Waals surface area contributed by atoms with Crippen molar-refractivity contribution >= 4 is 28.1 Å². The number of ether oxygens (including phenoxy) is 1. The van der Waals surface area contributed by atoms with Crippen LogP contribution in [0.2, 0.25) is 0 Å². The minimum Gasteiger partial charge on any atom is -0.496 e. The molecule has 0 bridgehead atoms. The van der Waals surface area contributed by atoms with Gasteiger partial charge in [0, 0.05) is 5.56 Å². The van der Waals surface area contributed by atoms with E-state index in [1.54, 1.807) is 31.4 Å². The topological polar surface area (TPSA) is 61.0 Å². The predicted octanol–water partition coefficient (Wildman–Crippen LogP) is 3.24. The molecular formula is C13H10BrNO4. The average molecular weight is 324 g/mol. The van der Waals surface area contributed by atoms with E-state index in [0.29, 0.717) is 21.3 Å². The van der Waals surface area contributed by atoms with Crippen LogP contribution in [0.3, 0.4) is 0 Å². The summed E-state index contributed by atoms with van der Waals surface area (Å²) in [5, 5.41) is 3.58. The number of carbonyl (C=O) groups is 1. The number of benzene rings is 1. The van der Waals surface area contributed by atoms with Crippen molar-refractivity contribution in [3.8, 4) is 5.75 Å². The van der Waals surface area contributed by atoms with Gasteiger partial charge in [0.1, 0.15) is 5.75 Å². The van der Waals surface area contributed by atoms with Gasteiger partial charge in [-0.3, -0.25) is 0 Å². The highest BCUT2D eigenvalue weighted by Gasteiger charge is 2.10. The zero-order valence-corrected chi connectivity index (χ0v) is 11.6. The standard InChI is InChI=1S/C13H10BrNO4/c1-17-12-3-2-10(6-11(12)14)13(16)19-15-7-9-4-5-18-8-9/h2-8H,1H3. The molecule has 98 valence electrons. The molecule has 2 aromatic rings. The van der Waals surface area contributed by atoms with Gasteiger partial charge in [0.05, 0.1) is 35.9 Å². The molecule has 1 aromatic carbocycles. The quantitative estimate of drug-likeness (QED) is 0.492. The maximum atomic E-state index is 11.7. The molecule has 0 unspecified atom stereocenters. The van der Waals surface area contributed by atoms with Crippen LogP contribution < -0.4 is 4.74 Å². The Balaban J connectivity index is 2.02. The van der Waals surface area contributed by atoms with Crippen LogP contribution in [0.4, 0.5) is 0 Å². The van der Waals surface area contributed by atoms with Gasteiger partial charge in [-0.2, -0.15) is 0 Å². The van der Waals surface area contributed by atoms with Crippen molar-refractivity contribution in [2.24, 2.45) is 5.16 Å². The number of furan rings is 1. The summed E-state index contributed by atoms with van der Waals surface area (Å²) >= 11 is 3.29. The van der Waals surface area contributed by atoms with Crippen LogP contribution in [0.25, 0.3) is 0 Å². The summed E-state index contributed by atoms with van der Waals surface area (Å²) in [6.07, 6.45) is 4.38. The van der Waals surface area contributed by atoms with Gasteiger partial charge < -0.3 is 14.0 Å². The Morgan fingerprint density at radius 2 is 2.26 bits per heavy atom. The van der Waals surface area contributed by atoms with Gasteiger partial charge in [-0.15, -0.1) is 0 Å². The summed E-state index contributed by atoms with van der Waals surface area (Å²) in [5.41, 5.74) is 1.08. The normalized spacial score (nSPS) is 10.6. The lowest BCUT2D eigenvalue weighted by Crippen LogP contribution is -2.01. The number of methoxy groups -OCH3 is 1. The molecule has 0 saturated carbocycles. The van der Waals surface area contributed by atoms with Crippen LogP contribution in [0.15, 0.2) is 50.8 Å². The van der Waals surface area contributed by atoms with E-state index < -0.39 is 5.97 Å². The first-order valence-electron chi connectivity index (χ1n) is 5.31. The van der Waals surface area contributed by atoms with Crippen molar-refractivity contribution < 1.29 is 18.8 Å². The first kappa shape index (κ1) is 13.4. The summed E-state index contributed by atoms with van der Waals surface area (Å²) in [5.74, 6) is 0.0848. The van der Waals surface area contributed by atoms with Crippen LogP contribution in [0.5, 0.6) is 5.75 Å². The summed E-state index contributed by atoms with van der Waals surface area (Å²) in [7, 11) is 1.55. The summed E-state index contributed by atoms with van der Waals surface area (Å²) in [6, 6.07) is 6.57. The van der Waals surface area contributed by atoms with E-state index in [0.717, 1.165) is 0 Å². The highest BCUT2D eigenvalue weighted by atomic mass is 79.9. The van der Waals surface area contributed by atoms with Gasteiger partial charge in [-0.1, -0.05) is 5.16 Å². The zero-order chi connectivity index (χ0) is 13.7. The van der Waals surface area contributed by atoms with Crippen LogP contribution in [-0.2, 0) is 4.84 Å². The van der Waals surface area contributed by atoms with Gasteiger partial charge in [-0.05, 0) is 40.2 Å². The third-order valence-electron chi connectivity index (χ3n) is 2.27. The second-order valence-corrected chi connectivity index (χ2v) is 4.37. The highest BCUT2D eigenvalue weighted by molar-refractivity contribution is 9.10. The van der Waals surface area contributed by atoms with Crippen molar-refractivity contribution in [1.29, 1.82) is 0 Å². The van der Waals surface area contributed by atoms with E-state index in [1.807, 2.05) is 0 Å². The van der Waals surface area contributed by atoms with Crippen molar-refractivity contribution in [3.05, 3.63) is 52.4 Å². The number of rotatable bonds is 4. The number of halogens is 1. The lowest BCUT2D eigenvalue weighted by Gasteiger charge is -2.04. The molecule has 2 rings (SSSR count). The first-order chi connectivity index (χ1) is 9.20. The fourth-order valence-electron chi connectivity index (χ4n) is 1.33. The largest absolute Gasteiger partial charge is 0.496 e. The van der Waals surface area contributed by atoms with E-state index >= 15 is 0 Å². The molecule has 19 heavy (non-hydrogen) atoms. The minimum absolute atomic E-state index is 0.372. The van der Waals surface area contributed by atoms with Crippen LogP contribution in [0.1, 0.15) is 15.9 Å². The average Bonchev–Trinajstić information content (AvgIpc) is 2.91. The summed E-state index contributed by atoms with van der Waals surface area (Å²) in [4.78, 5) is 16.5. The molecule has 0 radical (unpaired) electrons. The lowest BCUT2D eigenvalue weighted by atomic mass is 10.2. The second kappa shape index (κ2) is 6.19. The van der Waals surface area contributed by atoms with E-state index in [1.165, 1.54) is 18.7 Å². The molecule has 0 aliphatic carbocycles. The number of hydrogen-bond acceptors (Lipinski definition) is 5. The van der Waals surface area contributed by atoms with Crippen molar-refractivity contribution in [2.45, 2.75) is 0 Å². The SMILES string of the molecule is COc1ccc(C(=O)ON=Cc2ccoc2)cc1Br. The molecular weight excluding hydrogens is 314 g/mol. The van der Waals surface area contributed by atoms with Crippen molar-refractivity contribution in [2.75, 3.05) is 7.11 Å². The molecule has 0 atom stereocenters. The second-order valence-electron chi connectivity index (χ2n) is 3.52. The molecule has 0 spiro atoms. The highest BCUT2D eigenvalue weighted by Crippen LogP contribution is 2.25. The van der Waals surface area contributed by atoms with Crippen molar-refractivity contribution in [1.82, 2.24) is 0 Å². The minimum atomic E-state index is -0.553. The Kier molecular flexibility index (Phi) is 4.35. The molecule has 1 aromatic heterocycles. The predicted molar refractivity (Wildman–Crippen MR) is 72.4 cm³/mol. The Morgan fingerprint density at radius 1 is 1.42 bits per heavy atom. The third-order valence-corrected chi connectivity index (χ3v) is 2.89. The molecule has 0 N–H and O–H groups in total. The number of hydrogen-bond donors (Lipinski definition) is 0. The molecule has 0 fully saturated rings. The Labute approximate surface area is 117 Å². The van der Waals surface area contributed by atoms with Crippen LogP contribution in [-0.4, -0.2) is 19.3 Å². The molecule has 6 heteroatoms. The maximum Gasteiger partial charge on any atom is 0.365 e. The van der Waals surface area contributed by atoms with E-state index in [-0.39, 0.29) is 0 Å². The van der Waals surface area contributed by atoms with Crippen LogP contribution >= 0.6 is 15.9 Å².